The van der Waals surface area contributed by atoms with E-state index in [1.54, 1.807) is 0 Å². The summed E-state index contributed by atoms with van der Waals surface area (Å²) in [7, 11) is -3.89. The highest BCUT2D eigenvalue weighted by Gasteiger charge is 2.32. The molecule has 2 aromatic rings. The molecule has 11 heteroatoms. The van der Waals surface area contributed by atoms with Gasteiger partial charge in [0.25, 0.3) is 5.91 Å². The van der Waals surface area contributed by atoms with Gasteiger partial charge >= 0.3 is 6.18 Å². The normalized spacial score (nSPS) is 15.5. The third-order valence-corrected chi connectivity index (χ3v) is 7.13. The van der Waals surface area contributed by atoms with Crippen LogP contribution in [0.3, 0.4) is 0 Å². The molecular weight excluding hydrogens is 452 g/mol. The van der Waals surface area contributed by atoms with E-state index in [4.69, 9.17) is 23.2 Å². The Balaban J connectivity index is 1.91. The number of hydrogen-bond acceptors (Lipinski definition) is 3. The Kier molecular flexibility index (Phi) is 6.14. The zero-order chi connectivity index (χ0) is 21.4. The van der Waals surface area contributed by atoms with Gasteiger partial charge in [-0.3, -0.25) is 4.79 Å². The van der Waals surface area contributed by atoms with Gasteiger partial charge in [0.05, 0.1) is 21.3 Å². The third kappa shape index (κ3) is 4.69. The van der Waals surface area contributed by atoms with Crippen molar-refractivity contribution in [2.24, 2.45) is 0 Å². The number of carbonyl (C=O) groups is 1. The average molecular weight is 467 g/mol. The van der Waals surface area contributed by atoms with Gasteiger partial charge in [0.15, 0.2) is 0 Å². The van der Waals surface area contributed by atoms with Crippen LogP contribution in [0.4, 0.5) is 18.9 Å². The molecular formula is C18H15Cl2F3N2O3S. The third-order valence-electron chi connectivity index (χ3n) is 4.42. The van der Waals surface area contributed by atoms with Gasteiger partial charge in [0, 0.05) is 18.7 Å². The minimum Gasteiger partial charge on any atom is -0.321 e. The van der Waals surface area contributed by atoms with Crippen LogP contribution in [-0.4, -0.2) is 31.7 Å². The molecule has 0 radical (unpaired) electrons. The number of nitrogens with zero attached hydrogens (tertiary/aromatic N) is 1. The number of sulfonamides is 1. The van der Waals surface area contributed by atoms with Crippen molar-refractivity contribution in [1.29, 1.82) is 0 Å². The molecule has 29 heavy (non-hydrogen) atoms. The Labute approximate surface area is 175 Å². The Morgan fingerprint density at radius 1 is 1.00 bits per heavy atom. The number of hydrogen-bond donors (Lipinski definition) is 1. The van der Waals surface area contributed by atoms with Crippen LogP contribution in [0.5, 0.6) is 0 Å². The van der Waals surface area contributed by atoms with Crippen molar-refractivity contribution in [2.45, 2.75) is 23.9 Å². The van der Waals surface area contributed by atoms with Gasteiger partial charge in [-0.05, 0) is 49.2 Å². The number of halogens is 5. The van der Waals surface area contributed by atoms with Gasteiger partial charge in [-0.1, -0.05) is 23.2 Å². The average Bonchev–Trinajstić information content (AvgIpc) is 3.18. The van der Waals surface area contributed by atoms with E-state index in [9.17, 15) is 26.4 Å². The van der Waals surface area contributed by atoms with E-state index in [2.05, 4.69) is 5.32 Å². The minimum atomic E-state index is -4.61. The smallest absolute Gasteiger partial charge is 0.321 e. The molecule has 1 amide bonds. The van der Waals surface area contributed by atoms with Crippen LogP contribution in [0.15, 0.2) is 41.3 Å². The van der Waals surface area contributed by atoms with Crippen molar-refractivity contribution >= 4 is 44.8 Å². The van der Waals surface area contributed by atoms with Crippen LogP contribution < -0.4 is 5.32 Å². The highest BCUT2D eigenvalue weighted by atomic mass is 35.5. The van der Waals surface area contributed by atoms with Gasteiger partial charge in [0.1, 0.15) is 4.90 Å². The van der Waals surface area contributed by atoms with Crippen molar-refractivity contribution in [1.82, 2.24) is 4.31 Å². The topological polar surface area (TPSA) is 66.5 Å². The highest BCUT2D eigenvalue weighted by Crippen LogP contribution is 2.34. The van der Waals surface area contributed by atoms with Crippen LogP contribution in [0.1, 0.15) is 28.8 Å². The molecule has 0 aromatic heterocycles. The summed E-state index contributed by atoms with van der Waals surface area (Å²) in [6.07, 6.45) is -3.16. The van der Waals surface area contributed by atoms with Crippen LogP contribution in [0.25, 0.3) is 0 Å². The second kappa shape index (κ2) is 8.14. The van der Waals surface area contributed by atoms with E-state index in [0.29, 0.717) is 19.2 Å². The summed E-state index contributed by atoms with van der Waals surface area (Å²) in [4.78, 5) is 12.3. The highest BCUT2D eigenvalue weighted by molar-refractivity contribution is 7.89. The molecule has 1 aliphatic heterocycles. The lowest BCUT2D eigenvalue weighted by Crippen LogP contribution is -2.28. The zero-order valence-electron chi connectivity index (χ0n) is 14.8. The molecule has 156 valence electrons. The number of nitrogens with one attached hydrogen (secondary N) is 1. The molecule has 0 unspecified atom stereocenters. The lowest BCUT2D eigenvalue weighted by atomic mass is 10.1. The van der Waals surface area contributed by atoms with E-state index in [1.165, 1.54) is 16.4 Å². The van der Waals surface area contributed by atoms with Gasteiger partial charge in [-0.15, -0.1) is 0 Å². The number of benzene rings is 2. The first-order valence-corrected chi connectivity index (χ1v) is 10.7. The number of rotatable bonds is 4. The first-order valence-electron chi connectivity index (χ1n) is 8.48. The van der Waals surface area contributed by atoms with E-state index in [0.717, 1.165) is 31.0 Å². The lowest BCUT2D eigenvalue weighted by Gasteiger charge is -2.17. The summed E-state index contributed by atoms with van der Waals surface area (Å²) < 4.78 is 65.5. The molecule has 3 rings (SSSR count). The summed E-state index contributed by atoms with van der Waals surface area (Å²) in [5.41, 5.74) is -1.31. The molecule has 1 saturated heterocycles. The molecule has 0 aliphatic carbocycles. The van der Waals surface area contributed by atoms with Crippen LogP contribution in [0.2, 0.25) is 10.0 Å². The number of amides is 1. The second-order valence-corrected chi connectivity index (χ2v) is 9.12. The summed E-state index contributed by atoms with van der Waals surface area (Å²) in [6, 6.07) is 6.16. The summed E-state index contributed by atoms with van der Waals surface area (Å²) >= 11 is 11.9. The maximum absolute atomic E-state index is 12.9. The van der Waals surface area contributed by atoms with E-state index < -0.39 is 27.7 Å². The molecule has 2 aromatic carbocycles. The predicted molar refractivity (Wildman–Crippen MR) is 104 cm³/mol. The van der Waals surface area contributed by atoms with Gasteiger partial charge < -0.3 is 5.32 Å². The van der Waals surface area contributed by atoms with E-state index in [-0.39, 0.29) is 26.2 Å². The van der Waals surface area contributed by atoms with Crippen LogP contribution in [0, 0.1) is 0 Å². The van der Waals surface area contributed by atoms with E-state index >= 15 is 0 Å². The predicted octanol–water partition coefficient (Wildman–Crippen LogP) is 5.05. The SMILES string of the molecule is O=C(Nc1cc(C(F)(F)F)ccc1Cl)c1ccc(Cl)c(S(=O)(=O)N2CCCC2)c1. The maximum atomic E-state index is 12.9. The number of alkyl halides is 3. The largest absolute Gasteiger partial charge is 0.416 e. The van der Waals surface area contributed by atoms with Crippen molar-refractivity contribution in [3.05, 3.63) is 57.6 Å². The molecule has 0 spiro atoms. The van der Waals surface area contributed by atoms with Crippen LogP contribution >= 0.6 is 23.2 Å². The number of anilines is 1. The second-order valence-electron chi connectivity index (χ2n) is 6.40. The summed E-state index contributed by atoms with van der Waals surface area (Å²) in [5, 5.41) is 2.14. The molecule has 0 atom stereocenters. The molecule has 1 fully saturated rings. The minimum absolute atomic E-state index is 0.0504. The molecule has 0 saturated carbocycles. The molecule has 5 nitrogen and oxygen atoms in total. The fraction of sp³-hybridized carbons (Fsp3) is 0.278. The van der Waals surface area contributed by atoms with Crippen molar-refractivity contribution < 1.29 is 26.4 Å². The summed E-state index contributed by atoms with van der Waals surface area (Å²) in [5.74, 6) is -0.819. The van der Waals surface area contributed by atoms with Gasteiger partial charge in [-0.2, -0.15) is 17.5 Å². The van der Waals surface area contributed by atoms with Crippen molar-refractivity contribution in [3.63, 3.8) is 0 Å². The molecule has 1 aliphatic rings. The first kappa shape index (κ1) is 21.9. The maximum Gasteiger partial charge on any atom is 0.416 e. The van der Waals surface area contributed by atoms with E-state index in [1.807, 2.05) is 0 Å². The molecule has 1 heterocycles. The van der Waals surface area contributed by atoms with Crippen molar-refractivity contribution in [2.75, 3.05) is 18.4 Å². The summed E-state index contributed by atoms with van der Waals surface area (Å²) in [6.45, 7) is 0.712. The molecule has 1 N–H and O–H groups in total. The number of carbonyl (C=O) groups excluding carboxylic acids is 1. The Hall–Kier alpha value is -1.81. The molecule has 0 bridgehead atoms. The fourth-order valence-electron chi connectivity index (χ4n) is 2.90. The Morgan fingerprint density at radius 3 is 2.24 bits per heavy atom. The lowest BCUT2D eigenvalue weighted by molar-refractivity contribution is -0.137. The van der Waals surface area contributed by atoms with Gasteiger partial charge in [0.2, 0.25) is 10.0 Å². The zero-order valence-corrected chi connectivity index (χ0v) is 17.1. The van der Waals surface area contributed by atoms with Crippen LogP contribution in [-0.2, 0) is 16.2 Å². The first-order chi connectivity index (χ1) is 13.5. The van der Waals surface area contributed by atoms with Gasteiger partial charge in [-0.25, -0.2) is 8.42 Å². The Morgan fingerprint density at radius 2 is 1.62 bits per heavy atom. The van der Waals surface area contributed by atoms with Crippen molar-refractivity contribution in [3.8, 4) is 0 Å². The monoisotopic (exact) mass is 466 g/mol. The standard InChI is InChI=1S/C18H15Cl2F3N2O3S/c19-13-6-4-12(18(21,22)23)10-15(13)24-17(26)11-3-5-14(20)16(9-11)29(27,28)25-7-1-2-8-25/h3-6,9-10H,1-2,7-8H2,(H,24,26). The fourth-order valence-corrected chi connectivity index (χ4v) is 5.08. The Bertz CT molecular complexity index is 1050. The quantitative estimate of drug-likeness (QED) is 0.685.